The Labute approximate surface area is 198 Å². The van der Waals surface area contributed by atoms with Gasteiger partial charge in [0.25, 0.3) is 0 Å². The van der Waals surface area contributed by atoms with Gasteiger partial charge in [0, 0.05) is 51.5 Å². The van der Waals surface area contributed by atoms with Crippen molar-refractivity contribution in [3.8, 4) is 22.7 Å². The fourth-order valence-corrected chi connectivity index (χ4v) is 3.33. The number of ether oxygens (including phenoxy) is 1. The van der Waals surface area contributed by atoms with Crippen LogP contribution in [0, 0.1) is 19.8 Å². The molecule has 0 aliphatic rings. The van der Waals surface area contributed by atoms with Crippen molar-refractivity contribution < 1.29 is 14.6 Å². The number of rotatable bonds is 6. The molecule has 0 spiro atoms. The summed E-state index contributed by atoms with van der Waals surface area (Å²) in [6, 6.07) is 15.0. The number of benzene rings is 2. The molecule has 3 rings (SSSR count). The van der Waals surface area contributed by atoms with Gasteiger partial charge in [-0.3, -0.25) is 0 Å². The molecule has 0 bridgehead atoms. The van der Waals surface area contributed by atoms with Crippen LogP contribution in [0.4, 0.5) is 0 Å². The van der Waals surface area contributed by atoms with Crippen LogP contribution in [-0.2, 0) is 0 Å². The van der Waals surface area contributed by atoms with E-state index in [1.165, 1.54) is 0 Å². The van der Waals surface area contributed by atoms with Crippen LogP contribution in [0.25, 0.3) is 16.9 Å². The first kappa shape index (κ1) is 23.6. The van der Waals surface area contributed by atoms with Crippen molar-refractivity contribution in [2.45, 2.75) is 27.7 Å². The molecule has 0 fully saturated rings. The number of carboxylic acid groups (broad SMARTS) is 1. The zero-order valence-corrected chi connectivity index (χ0v) is 20.2. The molecule has 0 saturated carbocycles. The van der Waals surface area contributed by atoms with E-state index in [1.807, 2.05) is 54.0 Å². The summed E-state index contributed by atoms with van der Waals surface area (Å²) in [5, 5.41) is 10.1. The number of aromatic nitrogens is 1. The third-order valence-electron chi connectivity index (χ3n) is 4.58. The molecule has 0 aliphatic heterocycles. The molecule has 6 heteroatoms. The van der Waals surface area contributed by atoms with Crippen LogP contribution < -0.4 is 4.74 Å². The third kappa shape index (κ3) is 5.26. The minimum Gasteiger partial charge on any atom is -0.493 e. The van der Waals surface area contributed by atoms with Gasteiger partial charge in [0.05, 0.1) is 17.9 Å². The van der Waals surface area contributed by atoms with Crippen LogP contribution in [-0.4, -0.2) is 51.8 Å². The number of carboxylic acids is 1. The Morgan fingerprint density at radius 2 is 1.83 bits per heavy atom. The number of hydrogen-bond acceptors (Lipinski definition) is 2. The van der Waals surface area contributed by atoms with E-state index in [0.717, 1.165) is 34.0 Å². The van der Waals surface area contributed by atoms with Gasteiger partial charge in [-0.25, -0.2) is 4.79 Å². The van der Waals surface area contributed by atoms with Crippen LogP contribution >= 0.6 is 11.6 Å². The SMILES string of the molecule is Cc1ccc(-n2c(C)ccc2-c2cc(Cl)ccc2OCC(C)C)cc1C(=O)O.[Na]. The van der Waals surface area contributed by atoms with Gasteiger partial charge in [0.2, 0.25) is 0 Å². The van der Waals surface area contributed by atoms with Crippen molar-refractivity contribution >= 4 is 47.1 Å². The fraction of sp³-hybridized carbons (Fsp3) is 0.261. The van der Waals surface area contributed by atoms with E-state index < -0.39 is 5.97 Å². The molecule has 0 atom stereocenters. The number of hydrogen-bond donors (Lipinski definition) is 1. The molecular weight excluding hydrogens is 397 g/mol. The third-order valence-corrected chi connectivity index (χ3v) is 4.81. The fourth-order valence-electron chi connectivity index (χ4n) is 3.16. The van der Waals surface area contributed by atoms with E-state index >= 15 is 0 Å². The molecule has 0 aliphatic carbocycles. The number of aromatic carboxylic acids is 1. The molecule has 1 heterocycles. The first-order valence-electron chi connectivity index (χ1n) is 9.23. The molecule has 0 amide bonds. The van der Waals surface area contributed by atoms with Crippen LogP contribution in [0.15, 0.2) is 48.5 Å². The van der Waals surface area contributed by atoms with Gasteiger partial charge in [-0.1, -0.05) is 31.5 Å². The second kappa shape index (κ2) is 9.86. The van der Waals surface area contributed by atoms with E-state index in [1.54, 1.807) is 13.0 Å². The van der Waals surface area contributed by atoms with E-state index in [4.69, 9.17) is 16.3 Å². The predicted octanol–water partition coefficient (Wildman–Crippen LogP) is 5.77. The molecule has 3 aromatic rings. The molecule has 0 unspecified atom stereocenters. The molecule has 29 heavy (non-hydrogen) atoms. The average molecular weight is 421 g/mol. The number of halogens is 1. The van der Waals surface area contributed by atoms with E-state index in [9.17, 15) is 9.90 Å². The van der Waals surface area contributed by atoms with Crippen molar-refractivity contribution in [2.75, 3.05) is 6.61 Å². The molecule has 2 aromatic carbocycles. The Bertz CT molecular complexity index is 1030. The van der Waals surface area contributed by atoms with E-state index in [0.29, 0.717) is 23.1 Å². The Morgan fingerprint density at radius 1 is 1.10 bits per heavy atom. The molecule has 1 N–H and O–H groups in total. The molecular formula is C23H24ClNNaO3. The van der Waals surface area contributed by atoms with Crippen LogP contribution in [0.2, 0.25) is 5.02 Å². The first-order valence-corrected chi connectivity index (χ1v) is 9.61. The van der Waals surface area contributed by atoms with Crippen molar-refractivity contribution in [1.82, 2.24) is 4.57 Å². The van der Waals surface area contributed by atoms with Crippen LogP contribution in [0.5, 0.6) is 5.75 Å². The van der Waals surface area contributed by atoms with Gasteiger partial charge in [-0.2, -0.15) is 0 Å². The zero-order chi connectivity index (χ0) is 20.4. The summed E-state index contributed by atoms with van der Waals surface area (Å²) < 4.78 is 8.05. The number of nitrogens with zero attached hydrogens (tertiary/aromatic N) is 1. The monoisotopic (exact) mass is 420 g/mol. The number of aryl methyl sites for hydroxylation is 2. The Hall–Kier alpha value is -1.72. The normalized spacial score (nSPS) is 10.7. The summed E-state index contributed by atoms with van der Waals surface area (Å²) in [6.07, 6.45) is 0. The molecule has 147 valence electrons. The standard InChI is InChI=1S/C23H24ClNO3.Na/c1-14(2)13-28-22-10-7-17(24)11-20(22)21-9-6-16(4)25(21)18-8-5-15(3)19(12-18)23(26)27;/h5-12,14H,13H2,1-4H3,(H,26,27);. The largest absolute Gasteiger partial charge is 0.493 e. The summed E-state index contributed by atoms with van der Waals surface area (Å²) in [5.74, 6) is 0.213. The molecule has 1 radical (unpaired) electrons. The number of carbonyl (C=O) groups is 1. The van der Waals surface area contributed by atoms with Crippen molar-refractivity contribution in [3.05, 3.63) is 70.4 Å². The van der Waals surface area contributed by atoms with Crippen LogP contribution in [0.3, 0.4) is 0 Å². The Morgan fingerprint density at radius 3 is 2.48 bits per heavy atom. The Kier molecular flexibility index (Phi) is 8.01. The van der Waals surface area contributed by atoms with Gasteiger partial charge >= 0.3 is 5.97 Å². The summed E-state index contributed by atoms with van der Waals surface area (Å²) in [4.78, 5) is 11.6. The molecule has 1 aromatic heterocycles. The minimum absolute atomic E-state index is 0. The molecule has 0 saturated heterocycles. The van der Waals surface area contributed by atoms with E-state index in [-0.39, 0.29) is 29.6 Å². The summed E-state index contributed by atoms with van der Waals surface area (Å²) in [6.45, 7) is 8.58. The Balaban J connectivity index is 0.00000300. The minimum atomic E-state index is -0.936. The topological polar surface area (TPSA) is 51.5 Å². The predicted molar refractivity (Wildman–Crippen MR) is 119 cm³/mol. The van der Waals surface area contributed by atoms with Crippen molar-refractivity contribution in [1.29, 1.82) is 0 Å². The first-order chi connectivity index (χ1) is 13.3. The van der Waals surface area contributed by atoms with Gasteiger partial charge in [-0.15, -0.1) is 0 Å². The second-order valence-corrected chi connectivity index (χ2v) is 7.78. The van der Waals surface area contributed by atoms with Crippen molar-refractivity contribution in [2.24, 2.45) is 5.92 Å². The maximum atomic E-state index is 11.6. The van der Waals surface area contributed by atoms with Crippen LogP contribution in [0.1, 0.15) is 35.5 Å². The summed E-state index contributed by atoms with van der Waals surface area (Å²) in [5.41, 5.74) is 4.57. The average Bonchev–Trinajstić information content (AvgIpc) is 3.02. The zero-order valence-electron chi connectivity index (χ0n) is 17.5. The summed E-state index contributed by atoms with van der Waals surface area (Å²) >= 11 is 6.28. The second-order valence-electron chi connectivity index (χ2n) is 7.35. The van der Waals surface area contributed by atoms with Gasteiger partial charge in [0.1, 0.15) is 5.75 Å². The van der Waals surface area contributed by atoms with E-state index in [2.05, 4.69) is 13.8 Å². The maximum Gasteiger partial charge on any atom is 0.336 e. The summed E-state index contributed by atoms with van der Waals surface area (Å²) in [7, 11) is 0. The molecule has 4 nitrogen and oxygen atoms in total. The van der Waals surface area contributed by atoms with Gasteiger partial charge in [0.15, 0.2) is 0 Å². The van der Waals surface area contributed by atoms with Gasteiger partial charge in [-0.05, 0) is 67.8 Å². The smallest absolute Gasteiger partial charge is 0.336 e. The van der Waals surface area contributed by atoms with Gasteiger partial charge < -0.3 is 14.4 Å². The quantitative estimate of drug-likeness (QED) is 0.515. The van der Waals surface area contributed by atoms with Crippen molar-refractivity contribution in [3.63, 3.8) is 0 Å². The maximum absolute atomic E-state index is 11.6.